The zero-order valence-corrected chi connectivity index (χ0v) is 15.3. The number of rotatable bonds is 2. The van der Waals surface area contributed by atoms with E-state index in [-0.39, 0.29) is 0 Å². The highest BCUT2D eigenvalue weighted by Gasteiger charge is 2.21. The lowest BCUT2D eigenvalue weighted by Crippen LogP contribution is -2.07. The molecule has 0 unspecified atom stereocenters. The molecule has 1 aliphatic heterocycles. The molecule has 122 valence electrons. The Kier molecular flexibility index (Phi) is 4.15. The minimum Gasteiger partial charge on any atom is -0.370 e. The largest absolute Gasteiger partial charge is 0.370 e. The van der Waals surface area contributed by atoms with Crippen molar-refractivity contribution in [3.63, 3.8) is 0 Å². The van der Waals surface area contributed by atoms with Crippen LogP contribution in [-0.2, 0) is 6.42 Å². The molecule has 24 heavy (non-hydrogen) atoms. The van der Waals surface area contributed by atoms with Gasteiger partial charge in [0.05, 0.1) is 11.4 Å². The van der Waals surface area contributed by atoms with Gasteiger partial charge in [-0.1, -0.05) is 45.8 Å². The lowest BCUT2D eigenvalue weighted by atomic mass is 10.0. The van der Waals surface area contributed by atoms with Crippen molar-refractivity contribution in [2.45, 2.75) is 26.2 Å². The second-order valence-corrected chi connectivity index (χ2v) is 7.23. The molecule has 2 heterocycles. The van der Waals surface area contributed by atoms with Crippen LogP contribution in [0.15, 0.2) is 53.0 Å². The first-order valence-electron chi connectivity index (χ1n) is 8.41. The van der Waals surface area contributed by atoms with E-state index in [0.29, 0.717) is 0 Å². The highest BCUT2D eigenvalue weighted by Crippen LogP contribution is 2.34. The average molecular weight is 382 g/mol. The predicted molar refractivity (Wildman–Crippen MR) is 103 cm³/mol. The number of halogens is 1. The number of aromatic nitrogens is 2. The van der Waals surface area contributed by atoms with Gasteiger partial charge in [-0.3, -0.25) is 0 Å². The zero-order valence-electron chi connectivity index (χ0n) is 13.7. The third-order valence-corrected chi connectivity index (χ3v) is 5.05. The van der Waals surface area contributed by atoms with Crippen LogP contribution in [0, 0.1) is 6.92 Å². The number of benzene rings is 2. The fraction of sp³-hybridized carbons (Fsp3) is 0.250. The molecule has 0 bridgehead atoms. The van der Waals surface area contributed by atoms with Crippen LogP contribution in [0.3, 0.4) is 0 Å². The number of hydrogen-bond acceptors (Lipinski definition) is 2. The van der Waals surface area contributed by atoms with Gasteiger partial charge in [0, 0.05) is 22.1 Å². The molecule has 0 aliphatic carbocycles. The Morgan fingerprint density at radius 2 is 1.75 bits per heavy atom. The van der Waals surface area contributed by atoms with Gasteiger partial charge < -0.3 is 5.32 Å². The third kappa shape index (κ3) is 2.86. The van der Waals surface area contributed by atoms with Crippen LogP contribution in [-0.4, -0.2) is 16.3 Å². The van der Waals surface area contributed by atoms with Crippen molar-refractivity contribution >= 4 is 21.7 Å². The van der Waals surface area contributed by atoms with Crippen molar-refractivity contribution in [2.24, 2.45) is 0 Å². The van der Waals surface area contributed by atoms with Crippen molar-refractivity contribution < 1.29 is 0 Å². The van der Waals surface area contributed by atoms with E-state index in [4.69, 9.17) is 5.10 Å². The van der Waals surface area contributed by atoms with Gasteiger partial charge in [0.2, 0.25) is 0 Å². The lowest BCUT2D eigenvalue weighted by Gasteiger charge is -2.09. The van der Waals surface area contributed by atoms with Gasteiger partial charge in [-0.15, -0.1) is 0 Å². The molecule has 3 nitrogen and oxygen atoms in total. The standard InChI is InChI=1S/C20H20BrN3/c1-14-5-11-17(12-6-14)24-20-18(4-2-3-13-22-20)19(23-24)15-7-9-16(21)10-8-15/h5-12,22H,2-4,13H2,1H3. The maximum absolute atomic E-state index is 4.97. The second-order valence-electron chi connectivity index (χ2n) is 6.31. The smallest absolute Gasteiger partial charge is 0.133 e. The first-order chi connectivity index (χ1) is 11.7. The minimum absolute atomic E-state index is 1.00. The van der Waals surface area contributed by atoms with E-state index in [9.17, 15) is 0 Å². The molecule has 3 aromatic rings. The van der Waals surface area contributed by atoms with Crippen molar-refractivity contribution in [1.82, 2.24) is 9.78 Å². The number of aryl methyl sites for hydroxylation is 1. The van der Waals surface area contributed by atoms with Crippen LogP contribution in [0.25, 0.3) is 16.9 Å². The molecule has 1 aromatic heterocycles. The van der Waals surface area contributed by atoms with Gasteiger partial charge in [0.15, 0.2) is 0 Å². The summed E-state index contributed by atoms with van der Waals surface area (Å²) in [6, 6.07) is 17.0. The van der Waals surface area contributed by atoms with Crippen LogP contribution >= 0.6 is 15.9 Å². The molecule has 4 rings (SSSR count). The van der Waals surface area contributed by atoms with Crippen LogP contribution < -0.4 is 5.32 Å². The molecular formula is C20H20BrN3. The van der Waals surface area contributed by atoms with Gasteiger partial charge in [0.25, 0.3) is 0 Å². The van der Waals surface area contributed by atoms with E-state index in [1.165, 1.54) is 29.5 Å². The van der Waals surface area contributed by atoms with E-state index in [1.54, 1.807) is 0 Å². The molecular weight excluding hydrogens is 362 g/mol. The fourth-order valence-electron chi connectivity index (χ4n) is 3.21. The third-order valence-electron chi connectivity index (χ3n) is 4.53. The Hall–Kier alpha value is -2.07. The van der Waals surface area contributed by atoms with Gasteiger partial charge >= 0.3 is 0 Å². The molecule has 1 aliphatic rings. The Morgan fingerprint density at radius 1 is 1.00 bits per heavy atom. The van der Waals surface area contributed by atoms with E-state index in [1.807, 2.05) is 0 Å². The topological polar surface area (TPSA) is 29.9 Å². The summed E-state index contributed by atoms with van der Waals surface area (Å²) in [5.41, 5.74) is 5.96. The molecule has 0 amide bonds. The normalized spacial score (nSPS) is 13.9. The summed E-state index contributed by atoms with van der Waals surface area (Å²) in [5, 5.41) is 8.57. The Labute approximate surface area is 150 Å². The van der Waals surface area contributed by atoms with Gasteiger partial charge in [-0.25, -0.2) is 4.68 Å². The number of nitrogens with one attached hydrogen (secondary N) is 1. The average Bonchev–Trinajstić information content (AvgIpc) is 2.78. The summed E-state index contributed by atoms with van der Waals surface area (Å²) < 4.78 is 3.16. The first-order valence-corrected chi connectivity index (χ1v) is 9.20. The number of hydrogen-bond donors (Lipinski definition) is 1. The van der Waals surface area contributed by atoms with E-state index >= 15 is 0 Å². The van der Waals surface area contributed by atoms with E-state index in [2.05, 4.69) is 81.4 Å². The zero-order chi connectivity index (χ0) is 16.5. The quantitative estimate of drug-likeness (QED) is 0.647. The Morgan fingerprint density at radius 3 is 2.50 bits per heavy atom. The molecule has 4 heteroatoms. The minimum atomic E-state index is 1.00. The summed E-state index contributed by atoms with van der Waals surface area (Å²) in [5.74, 6) is 1.15. The van der Waals surface area contributed by atoms with E-state index in [0.717, 1.165) is 34.6 Å². The highest BCUT2D eigenvalue weighted by atomic mass is 79.9. The molecule has 1 N–H and O–H groups in total. The summed E-state index contributed by atoms with van der Waals surface area (Å²) in [6.45, 7) is 3.11. The molecule has 2 aromatic carbocycles. The van der Waals surface area contributed by atoms with E-state index < -0.39 is 0 Å². The second kappa shape index (κ2) is 6.44. The predicted octanol–water partition coefficient (Wildman–Crippen LogP) is 5.36. The monoisotopic (exact) mass is 381 g/mol. The lowest BCUT2D eigenvalue weighted by molar-refractivity contribution is 0.780. The summed E-state index contributed by atoms with van der Waals surface area (Å²) in [4.78, 5) is 0. The highest BCUT2D eigenvalue weighted by molar-refractivity contribution is 9.10. The molecule has 0 saturated heterocycles. The van der Waals surface area contributed by atoms with Crippen LogP contribution in [0.4, 0.5) is 5.82 Å². The fourth-order valence-corrected chi connectivity index (χ4v) is 3.48. The maximum atomic E-state index is 4.97. The van der Waals surface area contributed by atoms with Crippen molar-refractivity contribution in [3.05, 3.63) is 64.1 Å². The number of nitrogens with zero attached hydrogens (tertiary/aromatic N) is 2. The van der Waals surface area contributed by atoms with Crippen LogP contribution in [0.5, 0.6) is 0 Å². The maximum Gasteiger partial charge on any atom is 0.133 e. The molecule has 0 atom stereocenters. The van der Waals surface area contributed by atoms with Crippen molar-refractivity contribution in [1.29, 1.82) is 0 Å². The summed E-state index contributed by atoms with van der Waals surface area (Å²) in [7, 11) is 0. The Balaban J connectivity index is 1.88. The number of anilines is 1. The molecule has 0 radical (unpaired) electrons. The SMILES string of the molecule is Cc1ccc(-n2nc(-c3ccc(Br)cc3)c3c2NCCCC3)cc1. The van der Waals surface area contributed by atoms with Crippen molar-refractivity contribution in [3.8, 4) is 16.9 Å². The molecule has 0 spiro atoms. The summed E-state index contributed by atoms with van der Waals surface area (Å²) in [6.07, 6.45) is 3.46. The first kappa shape index (κ1) is 15.5. The Bertz CT molecular complexity index is 778. The van der Waals surface area contributed by atoms with Gasteiger partial charge in [0.1, 0.15) is 5.82 Å². The number of fused-ring (bicyclic) bond motifs is 1. The van der Waals surface area contributed by atoms with Crippen LogP contribution in [0.2, 0.25) is 0 Å². The van der Waals surface area contributed by atoms with Crippen LogP contribution in [0.1, 0.15) is 24.0 Å². The molecule has 0 saturated carbocycles. The van der Waals surface area contributed by atoms with Gasteiger partial charge in [-0.2, -0.15) is 5.10 Å². The summed E-state index contributed by atoms with van der Waals surface area (Å²) >= 11 is 3.52. The van der Waals surface area contributed by atoms with Gasteiger partial charge in [-0.05, 0) is 50.5 Å². The van der Waals surface area contributed by atoms with Crippen molar-refractivity contribution in [2.75, 3.05) is 11.9 Å². The molecule has 0 fully saturated rings.